The fourth-order valence-electron chi connectivity index (χ4n) is 1.10. The summed E-state index contributed by atoms with van der Waals surface area (Å²) in [6.45, 7) is 0.289. The van der Waals surface area contributed by atoms with Crippen molar-refractivity contribution in [1.82, 2.24) is 10.2 Å². The summed E-state index contributed by atoms with van der Waals surface area (Å²) in [5, 5.41) is 8.25. The van der Waals surface area contributed by atoms with E-state index in [1.54, 1.807) is 0 Å². The summed E-state index contributed by atoms with van der Waals surface area (Å²) in [5.74, 6) is 1.30. The van der Waals surface area contributed by atoms with E-state index >= 15 is 0 Å². The number of hydrogen-bond acceptors (Lipinski definition) is 5. The minimum atomic E-state index is 0.289. The Balaban J connectivity index is 1.94. The molecule has 6 heteroatoms. The summed E-state index contributed by atoms with van der Waals surface area (Å²) < 4.78 is 6.52. The Morgan fingerprint density at radius 3 is 2.62 bits per heavy atom. The van der Waals surface area contributed by atoms with Gasteiger partial charge in [-0.15, -0.1) is 10.2 Å². The second-order valence-corrected chi connectivity index (χ2v) is 5.25. The van der Waals surface area contributed by atoms with E-state index in [0.717, 1.165) is 5.75 Å². The highest BCUT2D eigenvalue weighted by Crippen LogP contribution is 2.21. The van der Waals surface area contributed by atoms with Gasteiger partial charge in [0.05, 0.1) is 6.54 Å². The van der Waals surface area contributed by atoms with Gasteiger partial charge in [-0.05, 0) is 40.3 Å². The molecule has 1 aromatic carbocycles. The maximum atomic E-state index is 5.38. The Labute approximate surface area is 111 Å². The molecule has 0 fully saturated rings. The zero-order valence-corrected chi connectivity index (χ0v) is 11.4. The van der Waals surface area contributed by atoms with Crippen molar-refractivity contribution >= 4 is 34.4 Å². The van der Waals surface area contributed by atoms with Crippen LogP contribution in [0.3, 0.4) is 0 Å². The van der Waals surface area contributed by atoms with E-state index in [4.69, 9.17) is 10.2 Å². The first kappa shape index (κ1) is 11.9. The minimum Gasteiger partial charge on any atom is -0.415 e. The number of halogens is 1. The molecule has 0 aliphatic carbocycles. The summed E-state index contributed by atoms with van der Waals surface area (Å²) in [6.07, 6.45) is 0. The van der Waals surface area contributed by atoms with Gasteiger partial charge in [-0.1, -0.05) is 23.9 Å². The van der Waals surface area contributed by atoms with Crippen LogP contribution in [0.15, 0.2) is 33.9 Å². The first-order valence-corrected chi connectivity index (χ1v) is 6.74. The van der Waals surface area contributed by atoms with Gasteiger partial charge in [0, 0.05) is 9.32 Å². The summed E-state index contributed by atoms with van der Waals surface area (Å²) in [4.78, 5) is 0. The average molecular weight is 347 g/mol. The van der Waals surface area contributed by atoms with Crippen LogP contribution in [-0.2, 0) is 12.3 Å². The van der Waals surface area contributed by atoms with Crippen LogP contribution < -0.4 is 5.73 Å². The van der Waals surface area contributed by atoms with Crippen LogP contribution in [0.1, 0.15) is 11.5 Å². The van der Waals surface area contributed by atoms with Crippen molar-refractivity contribution < 1.29 is 4.42 Å². The van der Waals surface area contributed by atoms with Gasteiger partial charge in [-0.3, -0.25) is 0 Å². The fourth-order valence-corrected chi connectivity index (χ4v) is 2.20. The zero-order chi connectivity index (χ0) is 11.4. The Morgan fingerprint density at radius 1 is 1.25 bits per heavy atom. The molecular formula is C10H10IN3OS. The van der Waals surface area contributed by atoms with Gasteiger partial charge in [-0.25, -0.2) is 0 Å². The van der Waals surface area contributed by atoms with Crippen LogP contribution in [0, 0.1) is 3.57 Å². The standard InChI is InChI=1S/C10H10IN3OS/c11-8-3-1-7(2-4-8)6-16-10-14-13-9(5-12)15-10/h1-4H,5-6,12H2. The van der Waals surface area contributed by atoms with Gasteiger partial charge < -0.3 is 10.2 Å². The van der Waals surface area contributed by atoms with Crippen molar-refractivity contribution in [2.24, 2.45) is 5.73 Å². The second kappa shape index (κ2) is 5.65. The van der Waals surface area contributed by atoms with E-state index in [9.17, 15) is 0 Å². The number of nitrogens with zero attached hydrogens (tertiary/aromatic N) is 2. The van der Waals surface area contributed by atoms with Crippen molar-refractivity contribution in [3.8, 4) is 0 Å². The number of nitrogens with two attached hydrogens (primary N) is 1. The second-order valence-electron chi connectivity index (χ2n) is 3.08. The van der Waals surface area contributed by atoms with Crippen LogP contribution in [0.5, 0.6) is 0 Å². The van der Waals surface area contributed by atoms with Gasteiger partial charge in [0.1, 0.15) is 0 Å². The smallest absolute Gasteiger partial charge is 0.276 e. The fraction of sp³-hybridized carbons (Fsp3) is 0.200. The number of thioether (sulfide) groups is 1. The van der Waals surface area contributed by atoms with Crippen molar-refractivity contribution in [2.75, 3.05) is 0 Å². The molecule has 0 spiro atoms. The number of hydrogen-bond donors (Lipinski definition) is 1. The summed E-state index contributed by atoms with van der Waals surface area (Å²) in [5.41, 5.74) is 6.61. The largest absolute Gasteiger partial charge is 0.415 e. The molecule has 0 aliphatic heterocycles. The first-order chi connectivity index (χ1) is 7.78. The molecule has 0 aliphatic rings. The van der Waals surface area contributed by atoms with Crippen molar-refractivity contribution in [3.63, 3.8) is 0 Å². The molecule has 1 heterocycles. The molecule has 0 amide bonds. The molecule has 0 radical (unpaired) electrons. The predicted octanol–water partition coefficient (Wildman–Crippen LogP) is 2.43. The topological polar surface area (TPSA) is 64.9 Å². The molecule has 2 rings (SSSR count). The van der Waals surface area contributed by atoms with Gasteiger partial charge >= 0.3 is 0 Å². The van der Waals surface area contributed by atoms with E-state index in [0.29, 0.717) is 11.1 Å². The van der Waals surface area contributed by atoms with Gasteiger partial charge in [0.25, 0.3) is 5.22 Å². The van der Waals surface area contributed by atoms with E-state index < -0.39 is 0 Å². The normalized spacial score (nSPS) is 10.6. The average Bonchev–Trinajstić information content (AvgIpc) is 2.76. The lowest BCUT2D eigenvalue weighted by atomic mass is 10.2. The van der Waals surface area contributed by atoms with Crippen molar-refractivity contribution in [2.45, 2.75) is 17.5 Å². The van der Waals surface area contributed by atoms with Gasteiger partial charge in [0.15, 0.2) is 0 Å². The summed E-state index contributed by atoms with van der Waals surface area (Å²) in [7, 11) is 0. The molecule has 0 saturated carbocycles. The molecule has 4 nitrogen and oxygen atoms in total. The lowest BCUT2D eigenvalue weighted by Crippen LogP contribution is -1.95. The number of benzene rings is 1. The molecule has 1 aromatic heterocycles. The predicted molar refractivity (Wildman–Crippen MR) is 70.9 cm³/mol. The van der Waals surface area contributed by atoms with Crippen LogP contribution in [0.4, 0.5) is 0 Å². The van der Waals surface area contributed by atoms with E-state index in [-0.39, 0.29) is 6.54 Å². The molecular weight excluding hydrogens is 337 g/mol. The first-order valence-electron chi connectivity index (χ1n) is 4.67. The maximum absolute atomic E-state index is 5.38. The third-order valence-corrected chi connectivity index (χ3v) is 3.51. The molecule has 0 bridgehead atoms. The molecule has 16 heavy (non-hydrogen) atoms. The van der Waals surface area contributed by atoms with Crippen LogP contribution in [0.25, 0.3) is 0 Å². The number of rotatable bonds is 4. The van der Waals surface area contributed by atoms with Gasteiger partial charge in [-0.2, -0.15) is 0 Å². The Kier molecular flexibility index (Phi) is 4.19. The van der Waals surface area contributed by atoms with Crippen molar-refractivity contribution in [3.05, 3.63) is 39.3 Å². The van der Waals surface area contributed by atoms with E-state index in [1.165, 1.54) is 20.9 Å². The molecule has 2 N–H and O–H groups in total. The summed E-state index contributed by atoms with van der Waals surface area (Å²) in [6, 6.07) is 8.34. The van der Waals surface area contributed by atoms with Crippen molar-refractivity contribution in [1.29, 1.82) is 0 Å². The van der Waals surface area contributed by atoms with Gasteiger partial charge in [0.2, 0.25) is 5.89 Å². The number of aromatic nitrogens is 2. The molecule has 0 saturated heterocycles. The lowest BCUT2D eigenvalue weighted by molar-refractivity contribution is 0.415. The highest BCUT2D eigenvalue weighted by atomic mass is 127. The highest BCUT2D eigenvalue weighted by molar-refractivity contribution is 14.1. The molecule has 2 aromatic rings. The lowest BCUT2D eigenvalue weighted by Gasteiger charge is -1.97. The minimum absolute atomic E-state index is 0.289. The Hall–Kier alpha value is -0.600. The third-order valence-electron chi connectivity index (χ3n) is 1.90. The molecule has 84 valence electrons. The summed E-state index contributed by atoms with van der Waals surface area (Å²) >= 11 is 3.80. The van der Waals surface area contributed by atoms with Crippen LogP contribution >= 0.6 is 34.4 Å². The van der Waals surface area contributed by atoms with Crippen LogP contribution in [0.2, 0.25) is 0 Å². The maximum Gasteiger partial charge on any atom is 0.276 e. The van der Waals surface area contributed by atoms with E-state index in [1.807, 2.05) is 0 Å². The highest BCUT2D eigenvalue weighted by Gasteiger charge is 2.05. The molecule has 0 unspecified atom stereocenters. The molecule has 0 atom stereocenters. The SMILES string of the molecule is NCc1nnc(SCc2ccc(I)cc2)o1. The third kappa shape index (κ3) is 3.19. The monoisotopic (exact) mass is 347 g/mol. The Bertz CT molecular complexity index is 457. The quantitative estimate of drug-likeness (QED) is 0.680. The Morgan fingerprint density at radius 2 is 2.00 bits per heavy atom. The zero-order valence-electron chi connectivity index (χ0n) is 8.39. The van der Waals surface area contributed by atoms with Crippen LogP contribution in [-0.4, -0.2) is 10.2 Å². The van der Waals surface area contributed by atoms with E-state index in [2.05, 4.69) is 57.1 Å².